The van der Waals surface area contributed by atoms with Crippen LogP contribution in [0.15, 0.2) is 18.2 Å². The molecule has 1 aliphatic heterocycles. The van der Waals surface area contributed by atoms with Crippen molar-refractivity contribution in [1.82, 2.24) is 4.90 Å². The topological polar surface area (TPSA) is 37.4 Å². The number of hydrogen-bond acceptors (Lipinski definition) is 2. The maximum Gasteiger partial charge on any atom is 0.257 e. The molecule has 3 nitrogen and oxygen atoms in total. The van der Waals surface area contributed by atoms with Crippen molar-refractivity contribution >= 4 is 11.7 Å². The Balaban J connectivity index is 2.23. The third-order valence-corrected chi connectivity index (χ3v) is 3.32. The molecule has 0 bridgehead atoms. The van der Waals surface area contributed by atoms with Crippen LogP contribution in [0.3, 0.4) is 0 Å². The standard InChI is InChI=1S/C14H15F2NO2/c1-9(18)7-11-3-2-6-17(11)14(19)12-8-10(15)4-5-13(12)16/h4-5,8,11H,2-3,6-7H2,1H3. The van der Waals surface area contributed by atoms with Crippen LogP contribution in [-0.4, -0.2) is 29.2 Å². The summed E-state index contributed by atoms with van der Waals surface area (Å²) in [7, 11) is 0. The summed E-state index contributed by atoms with van der Waals surface area (Å²) in [5, 5.41) is 0. The van der Waals surface area contributed by atoms with Gasteiger partial charge in [-0.2, -0.15) is 0 Å². The molecule has 1 fully saturated rings. The van der Waals surface area contributed by atoms with Gasteiger partial charge in [-0.1, -0.05) is 0 Å². The van der Waals surface area contributed by atoms with E-state index in [1.54, 1.807) is 0 Å². The first-order chi connectivity index (χ1) is 8.99. The van der Waals surface area contributed by atoms with Crippen LogP contribution in [0.25, 0.3) is 0 Å². The summed E-state index contributed by atoms with van der Waals surface area (Å²) >= 11 is 0. The van der Waals surface area contributed by atoms with Gasteiger partial charge in [0.1, 0.15) is 17.4 Å². The zero-order valence-corrected chi connectivity index (χ0v) is 10.7. The van der Waals surface area contributed by atoms with Crippen molar-refractivity contribution in [1.29, 1.82) is 0 Å². The van der Waals surface area contributed by atoms with Crippen molar-refractivity contribution in [2.75, 3.05) is 6.54 Å². The lowest BCUT2D eigenvalue weighted by Gasteiger charge is -2.24. The van der Waals surface area contributed by atoms with Crippen LogP contribution in [0.1, 0.15) is 36.5 Å². The number of ketones is 1. The van der Waals surface area contributed by atoms with Crippen LogP contribution in [0.4, 0.5) is 8.78 Å². The van der Waals surface area contributed by atoms with E-state index in [1.165, 1.54) is 11.8 Å². The predicted octanol–water partition coefficient (Wildman–Crippen LogP) is 2.55. The van der Waals surface area contributed by atoms with E-state index in [2.05, 4.69) is 0 Å². The zero-order valence-electron chi connectivity index (χ0n) is 10.7. The minimum absolute atomic E-state index is 0.00980. The van der Waals surface area contributed by atoms with E-state index in [0.29, 0.717) is 6.54 Å². The van der Waals surface area contributed by atoms with Crippen LogP contribution in [0.5, 0.6) is 0 Å². The summed E-state index contributed by atoms with van der Waals surface area (Å²) in [6, 6.07) is 2.62. The normalized spacial score (nSPS) is 18.7. The number of halogens is 2. The molecule has 0 spiro atoms. The minimum atomic E-state index is -0.736. The highest BCUT2D eigenvalue weighted by molar-refractivity contribution is 5.95. The van der Waals surface area contributed by atoms with Crippen molar-refractivity contribution < 1.29 is 18.4 Å². The Labute approximate surface area is 110 Å². The average molecular weight is 267 g/mol. The van der Waals surface area contributed by atoms with E-state index in [9.17, 15) is 18.4 Å². The summed E-state index contributed by atoms with van der Waals surface area (Å²) in [6.45, 7) is 1.94. The summed E-state index contributed by atoms with van der Waals surface area (Å²) in [4.78, 5) is 24.8. The molecule has 1 aromatic rings. The molecule has 19 heavy (non-hydrogen) atoms. The lowest BCUT2D eigenvalue weighted by atomic mass is 10.1. The summed E-state index contributed by atoms with van der Waals surface area (Å²) in [5.41, 5.74) is -0.268. The number of benzene rings is 1. The monoisotopic (exact) mass is 267 g/mol. The molecule has 1 saturated heterocycles. The Hall–Kier alpha value is -1.78. The molecule has 1 heterocycles. The number of amides is 1. The minimum Gasteiger partial charge on any atom is -0.335 e. The molecular formula is C14H15F2NO2. The second-order valence-corrected chi connectivity index (χ2v) is 4.82. The first kappa shape index (κ1) is 13.6. The summed E-state index contributed by atoms with van der Waals surface area (Å²) in [5.74, 6) is -1.93. The summed E-state index contributed by atoms with van der Waals surface area (Å²) in [6.07, 6.45) is 1.77. The Morgan fingerprint density at radius 1 is 1.37 bits per heavy atom. The van der Waals surface area contributed by atoms with Crippen molar-refractivity contribution in [3.63, 3.8) is 0 Å². The molecular weight excluding hydrogens is 252 g/mol. The number of rotatable bonds is 3. The highest BCUT2D eigenvalue weighted by Crippen LogP contribution is 2.24. The van der Waals surface area contributed by atoms with Gasteiger partial charge in [0.05, 0.1) is 5.56 Å². The second kappa shape index (κ2) is 5.47. The Bertz CT molecular complexity index is 516. The van der Waals surface area contributed by atoms with E-state index in [-0.39, 0.29) is 23.8 Å². The third-order valence-electron chi connectivity index (χ3n) is 3.32. The molecule has 102 valence electrons. The van der Waals surface area contributed by atoms with Crippen molar-refractivity contribution in [3.8, 4) is 0 Å². The van der Waals surface area contributed by atoms with Gasteiger partial charge in [0.25, 0.3) is 5.91 Å². The fourth-order valence-corrected chi connectivity index (χ4v) is 2.46. The van der Waals surface area contributed by atoms with Gasteiger partial charge in [0.2, 0.25) is 0 Å². The van der Waals surface area contributed by atoms with Crippen molar-refractivity contribution in [2.24, 2.45) is 0 Å². The van der Waals surface area contributed by atoms with Gasteiger partial charge < -0.3 is 4.90 Å². The zero-order chi connectivity index (χ0) is 14.0. The average Bonchev–Trinajstić information content (AvgIpc) is 2.78. The number of Topliss-reactive ketones (excluding diaryl/α,β-unsaturated/α-hetero) is 1. The highest BCUT2D eigenvalue weighted by atomic mass is 19.1. The van der Waals surface area contributed by atoms with Gasteiger partial charge in [-0.3, -0.25) is 9.59 Å². The fourth-order valence-electron chi connectivity index (χ4n) is 2.46. The van der Waals surface area contributed by atoms with E-state index in [4.69, 9.17) is 0 Å². The predicted molar refractivity (Wildman–Crippen MR) is 65.7 cm³/mol. The van der Waals surface area contributed by atoms with Crippen molar-refractivity contribution in [3.05, 3.63) is 35.4 Å². The maximum absolute atomic E-state index is 13.6. The fraction of sp³-hybridized carbons (Fsp3) is 0.429. The van der Waals surface area contributed by atoms with Crippen LogP contribution < -0.4 is 0 Å². The van der Waals surface area contributed by atoms with Crippen molar-refractivity contribution in [2.45, 2.75) is 32.2 Å². The Morgan fingerprint density at radius 3 is 2.79 bits per heavy atom. The molecule has 0 aromatic heterocycles. The first-order valence-corrected chi connectivity index (χ1v) is 6.24. The smallest absolute Gasteiger partial charge is 0.257 e. The van der Waals surface area contributed by atoms with Gasteiger partial charge in [-0.25, -0.2) is 8.78 Å². The van der Waals surface area contributed by atoms with Gasteiger partial charge in [0, 0.05) is 19.0 Å². The molecule has 1 aromatic carbocycles. The largest absolute Gasteiger partial charge is 0.335 e. The summed E-state index contributed by atoms with van der Waals surface area (Å²) < 4.78 is 26.7. The van der Waals surface area contributed by atoms with Gasteiger partial charge >= 0.3 is 0 Å². The van der Waals surface area contributed by atoms with E-state index < -0.39 is 17.5 Å². The second-order valence-electron chi connectivity index (χ2n) is 4.82. The molecule has 1 unspecified atom stereocenters. The molecule has 1 atom stereocenters. The number of likely N-dealkylation sites (tertiary alicyclic amines) is 1. The highest BCUT2D eigenvalue weighted by Gasteiger charge is 2.31. The van der Waals surface area contributed by atoms with Crippen LogP contribution in [0.2, 0.25) is 0 Å². The number of hydrogen-bond donors (Lipinski definition) is 0. The molecule has 2 rings (SSSR count). The molecule has 0 aliphatic carbocycles. The number of carbonyl (C=O) groups is 2. The van der Waals surface area contributed by atoms with Gasteiger partial charge in [-0.15, -0.1) is 0 Å². The maximum atomic E-state index is 13.6. The van der Waals surface area contributed by atoms with Gasteiger partial charge in [-0.05, 0) is 38.0 Å². The van der Waals surface area contributed by atoms with Crippen LogP contribution >= 0.6 is 0 Å². The Morgan fingerprint density at radius 2 is 2.11 bits per heavy atom. The molecule has 0 N–H and O–H groups in total. The molecule has 5 heteroatoms. The third kappa shape index (κ3) is 2.97. The van der Waals surface area contributed by atoms with Crippen LogP contribution in [-0.2, 0) is 4.79 Å². The lowest BCUT2D eigenvalue weighted by molar-refractivity contribution is -0.117. The van der Waals surface area contributed by atoms with Crippen LogP contribution in [0, 0.1) is 11.6 Å². The molecule has 0 saturated carbocycles. The molecule has 1 amide bonds. The molecule has 0 radical (unpaired) electrons. The van der Waals surface area contributed by atoms with E-state index in [0.717, 1.165) is 31.0 Å². The van der Waals surface area contributed by atoms with E-state index >= 15 is 0 Å². The van der Waals surface area contributed by atoms with Gasteiger partial charge in [0.15, 0.2) is 0 Å². The Kier molecular flexibility index (Phi) is 3.93. The number of carbonyl (C=O) groups excluding carboxylic acids is 2. The molecule has 1 aliphatic rings. The lowest BCUT2D eigenvalue weighted by Crippen LogP contribution is -2.37. The first-order valence-electron chi connectivity index (χ1n) is 6.24. The SMILES string of the molecule is CC(=O)CC1CCCN1C(=O)c1cc(F)ccc1F. The quantitative estimate of drug-likeness (QED) is 0.844. The number of nitrogens with zero attached hydrogens (tertiary/aromatic N) is 1. The van der Waals surface area contributed by atoms with E-state index in [1.807, 2.05) is 0 Å².